The monoisotopic (exact) mass is 402 g/mol. The minimum Gasteiger partial charge on any atom is -0.306 e. The van der Waals surface area contributed by atoms with Crippen molar-refractivity contribution in [1.29, 1.82) is 0 Å². The fraction of sp³-hybridized carbons (Fsp3) is 0.286. The quantitative estimate of drug-likeness (QED) is 0.766. The Morgan fingerprint density at radius 3 is 2.45 bits per heavy atom. The lowest BCUT2D eigenvalue weighted by atomic mass is 9.92. The van der Waals surface area contributed by atoms with E-state index in [4.69, 9.17) is 0 Å². The standard InChI is InChI=1S/C14H13Br2FN2O/c1-14(2,3)11-10(16)13(20)19-12(18-11)8-5-4-7(17)6-9(8)15/h4-6H,1-3H3,(H,18,19,20). The van der Waals surface area contributed by atoms with E-state index in [1.165, 1.54) is 12.1 Å². The third-order valence-electron chi connectivity index (χ3n) is 2.76. The molecule has 106 valence electrons. The maximum atomic E-state index is 13.1. The van der Waals surface area contributed by atoms with E-state index in [1.807, 2.05) is 20.8 Å². The number of nitrogens with zero attached hydrogens (tertiary/aromatic N) is 1. The number of hydrogen-bond acceptors (Lipinski definition) is 2. The van der Waals surface area contributed by atoms with Crippen molar-refractivity contribution in [2.24, 2.45) is 0 Å². The van der Waals surface area contributed by atoms with Crippen LogP contribution in [0.5, 0.6) is 0 Å². The highest BCUT2D eigenvalue weighted by Gasteiger charge is 2.22. The molecule has 0 saturated heterocycles. The van der Waals surface area contributed by atoms with Crippen LogP contribution in [0.15, 0.2) is 31.9 Å². The maximum Gasteiger partial charge on any atom is 0.265 e. The van der Waals surface area contributed by atoms with Gasteiger partial charge in [-0.05, 0) is 50.1 Å². The number of hydrogen-bond donors (Lipinski definition) is 1. The van der Waals surface area contributed by atoms with Crippen molar-refractivity contribution in [1.82, 2.24) is 9.97 Å². The molecule has 0 spiro atoms. The third-order valence-corrected chi connectivity index (χ3v) is 4.15. The van der Waals surface area contributed by atoms with E-state index in [0.29, 0.717) is 26.0 Å². The van der Waals surface area contributed by atoms with Crippen LogP contribution in [0.25, 0.3) is 11.4 Å². The molecule has 3 nitrogen and oxygen atoms in total. The first kappa shape index (κ1) is 15.4. The van der Waals surface area contributed by atoms with Gasteiger partial charge in [0, 0.05) is 15.5 Å². The molecule has 1 aromatic carbocycles. The van der Waals surface area contributed by atoms with Crippen molar-refractivity contribution in [3.8, 4) is 11.4 Å². The molecular formula is C14H13Br2FN2O. The van der Waals surface area contributed by atoms with E-state index >= 15 is 0 Å². The topological polar surface area (TPSA) is 45.8 Å². The van der Waals surface area contributed by atoms with Crippen LogP contribution in [-0.4, -0.2) is 9.97 Å². The molecule has 0 unspecified atom stereocenters. The lowest BCUT2D eigenvalue weighted by Crippen LogP contribution is -2.22. The molecule has 1 aromatic heterocycles. The normalized spacial score (nSPS) is 11.7. The lowest BCUT2D eigenvalue weighted by Gasteiger charge is -2.19. The van der Waals surface area contributed by atoms with Crippen LogP contribution in [0.4, 0.5) is 4.39 Å². The molecule has 0 bridgehead atoms. The summed E-state index contributed by atoms with van der Waals surface area (Å²) in [5.74, 6) is 0.0612. The van der Waals surface area contributed by atoms with E-state index in [9.17, 15) is 9.18 Å². The van der Waals surface area contributed by atoms with Crippen LogP contribution >= 0.6 is 31.9 Å². The van der Waals surface area contributed by atoms with Crippen LogP contribution < -0.4 is 5.56 Å². The zero-order chi connectivity index (χ0) is 15.1. The zero-order valence-electron chi connectivity index (χ0n) is 11.2. The molecule has 0 fully saturated rings. The number of rotatable bonds is 1. The van der Waals surface area contributed by atoms with Crippen molar-refractivity contribution in [3.05, 3.63) is 49.0 Å². The summed E-state index contributed by atoms with van der Waals surface area (Å²) in [5.41, 5.74) is 0.763. The zero-order valence-corrected chi connectivity index (χ0v) is 14.4. The third kappa shape index (κ3) is 3.01. The largest absolute Gasteiger partial charge is 0.306 e. The predicted molar refractivity (Wildman–Crippen MR) is 84.4 cm³/mol. The number of nitrogens with one attached hydrogen (secondary N) is 1. The van der Waals surface area contributed by atoms with Crippen LogP contribution in [0.1, 0.15) is 26.5 Å². The molecular weight excluding hydrogens is 391 g/mol. The molecule has 1 N–H and O–H groups in total. The molecule has 1 heterocycles. The molecule has 6 heteroatoms. The van der Waals surface area contributed by atoms with E-state index in [0.717, 1.165) is 0 Å². The first-order chi connectivity index (χ1) is 9.20. The van der Waals surface area contributed by atoms with Crippen molar-refractivity contribution < 1.29 is 4.39 Å². The first-order valence-electron chi connectivity index (χ1n) is 5.96. The van der Waals surface area contributed by atoms with Crippen LogP contribution in [0.3, 0.4) is 0 Å². The SMILES string of the molecule is CC(C)(C)c1nc(-c2ccc(F)cc2Br)[nH]c(=O)c1Br. The summed E-state index contributed by atoms with van der Waals surface area (Å²) in [4.78, 5) is 19.2. The smallest absolute Gasteiger partial charge is 0.265 e. The molecule has 2 rings (SSSR count). The number of aromatic nitrogens is 2. The van der Waals surface area contributed by atoms with Gasteiger partial charge in [-0.2, -0.15) is 0 Å². The van der Waals surface area contributed by atoms with Crippen LogP contribution in [0, 0.1) is 5.82 Å². The van der Waals surface area contributed by atoms with Crippen molar-refractivity contribution in [2.75, 3.05) is 0 Å². The summed E-state index contributed by atoms with van der Waals surface area (Å²) in [5, 5.41) is 0. The molecule has 2 aromatic rings. The van der Waals surface area contributed by atoms with E-state index in [2.05, 4.69) is 41.8 Å². The van der Waals surface area contributed by atoms with E-state index in [1.54, 1.807) is 6.07 Å². The van der Waals surface area contributed by atoms with Gasteiger partial charge in [-0.1, -0.05) is 20.8 Å². The summed E-state index contributed by atoms with van der Waals surface area (Å²) >= 11 is 6.56. The van der Waals surface area contributed by atoms with Gasteiger partial charge in [-0.25, -0.2) is 9.37 Å². The molecule has 0 saturated carbocycles. The van der Waals surface area contributed by atoms with Crippen LogP contribution in [0.2, 0.25) is 0 Å². The molecule has 0 aliphatic carbocycles. The van der Waals surface area contributed by atoms with Gasteiger partial charge in [0.15, 0.2) is 0 Å². The van der Waals surface area contributed by atoms with Gasteiger partial charge in [0.1, 0.15) is 16.1 Å². The minimum atomic E-state index is -0.351. The molecule has 0 radical (unpaired) electrons. The summed E-state index contributed by atoms with van der Waals surface area (Å²) in [6, 6.07) is 4.26. The number of H-pyrrole nitrogens is 1. The lowest BCUT2D eigenvalue weighted by molar-refractivity contribution is 0.562. The summed E-state index contributed by atoms with van der Waals surface area (Å²) < 4.78 is 14.1. The average molecular weight is 404 g/mol. The Morgan fingerprint density at radius 2 is 1.90 bits per heavy atom. The Labute approximate surface area is 132 Å². The van der Waals surface area contributed by atoms with E-state index < -0.39 is 0 Å². The fourth-order valence-electron chi connectivity index (χ4n) is 1.76. The molecule has 0 atom stereocenters. The highest BCUT2D eigenvalue weighted by Crippen LogP contribution is 2.30. The summed E-state index contributed by atoms with van der Waals surface area (Å²) in [7, 11) is 0. The van der Waals surface area contributed by atoms with Crippen LogP contribution in [-0.2, 0) is 5.41 Å². The predicted octanol–water partition coefficient (Wildman–Crippen LogP) is 4.40. The fourth-order valence-corrected chi connectivity index (χ4v) is 3.09. The second-order valence-electron chi connectivity index (χ2n) is 5.45. The van der Waals surface area contributed by atoms with Crippen molar-refractivity contribution in [2.45, 2.75) is 26.2 Å². The molecule has 20 heavy (non-hydrogen) atoms. The second-order valence-corrected chi connectivity index (χ2v) is 7.10. The summed E-state index contributed by atoms with van der Waals surface area (Å²) in [6.45, 7) is 5.93. The van der Waals surface area contributed by atoms with Crippen molar-refractivity contribution >= 4 is 31.9 Å². The van der Waals surface area contributed by atoms with Gasteiger partial charge in [-0.3, -0.25) is 4.79 Å². The highest BCUT2D eigenvalue weighted by atomic mass is 79.9. The Balaban J connectivity index is 2.70. The van der Waals surface area contributed by atoms with Gasteiger partial charge < -0.3 is 4.98 Å². The van der Waals surface area contributed by atoms with E-state index in [-0.39, 0.29) is 16.8 Å². The number of halogens is 3. The average Bonchev–Trinajstić information content (AvgIpc) is 2.31. The minimum absolute atomic E-state index is 0.254. The number of benzene rings is 1. The Kier molecular flexibility index (Phi) is 4.16. The summed E-state index contributed by atoms with van der Waals surface area (Å²) in [6.07, 6.45) is 0. The number of aromatic amines is 1. The first-order valence-corrected chi connectivity index (χ1v) is 7.54. The Hall–Kier alpha value is -1.01. The van der Waals surface area contributed by atoms with Gasteiger partial charge >= 0.3 is 0 Å². The van der Waals surface area contributed by atoms with Gasteiger partial charge in [0.05, 0.1) is 5.69 Å². The highest BCUT2D eigenvalue weighted by molar-refractivity contribution is 9.10. The van der Waals surface area contributed by atoms with Gasteiger partial charge in [-0.15, -0.1) is 0 Å². The molecule has 0 aliphatic heterocycles. The van der Waals surface area contributed by atoms with Gasteiger partial charge in [0.2, 0.25) is 0 Å². The Morgan fingerprint density at radius 1 is 1.25 bits per heavy atom. The van der Waals surface area contributed by atoms with Gasteiger partial charge in [0.25, 0.3) is 5.56 Å². The maximum absolute atomic E-state index is 13.1. The van der Waals surface area contributed by atoms with Crippen molar-refractivity contribution in [3.63, 3.8) is 0 Å². The molecule has 0 aliphatic rings. The second kappa shape index (κ2) is 5.41. The molecule has 0 amide bonds. The Bertz CT molecular complexity index is 720.